The van der Waals surface area contributed by atoms with Crippen molar-refractivity contribution in [2.24, 2.45) is 5.41 Å². The van der Waals surface area contributed by atoms with Gasteiger partial charge in [-0.3, -0.25) is 14.9 Å². The summed E-state index contributed by atoms with van der Waals surface area (Å²) in [4.78, 5) is 22.5. The lowest BCUT2D eigenvalue weighted by Crippen LogP contribution is -2.35. The molecule has 0 atom stereocenters. The summed E-state index contributed by atoms with van der Waals surface area (Å²) in [7, 11) is 0. The predicted molar refractivity (Wildman–Crippen MR) is 74.7 cm³/mol. The number of nitro benzene ring substituents is 1. The number of nitrogens with zero attached hydrogens (tertiary/aromatic N) is 1. The van der Waals surface area contributed by atoms with E-state index in [0.29, 0.717) is 18.0 Å². The lowest BCUT2D eigenvalue weighted by atomic mass is 9.96. The number of halogens is 1. The second-order valence-electron chi connectivity index (χ2n) is 5.21. The van der Waals surface area contributed by atoms with Gasteiger partial charge in [0.25, 0.3) is 11.6 Å². The lowest BCUT2D eigenvalue weighted by Gasteiger charge is -2.21. The maximum Gasteiger partial charge on any atom is 0.282 e. The van der Waals surface area contributed by atoms with E-state index in [1.165, 1.54) is 6.07 Å². The van der Waals surface area contributed by atoms with E-state index in [4.69, 9.17) is 11.6 Å². The van der Waals surface area contributed by atoms with Crippen LogP contribution in [0.15, 0.2) is 18.2 Å². The van der Waals surface area contributed by atoms with Crippen LogP contribution in [0.3, 0.4) is 0 Å². The van der Waals surface area contributed by atoms with Crippen molar-refractivity contribution in [3.63, 3.8) is 0 Å². The topological polar surface area (TPSA) is 72.2 Å². The molecule has 1 aromatic rings. The van der Waals surface area contributed by atoms with Crippen molar-refractivity contribution in [1.29, 1.82) is 0 Å². The summed E-state index contributed by atoms with van der Waals surface area (Å²) >= 11 is 5.78. The summed E-state index contributed by atoms with van der Waals surface area (Å²) in [5.41, 5.74) is 0.253. The molecule has 5 nitrogen and oxygen atoms in total. The highest BCUT2D eigenvalue weighted by Crippen LogP contribution is 2.22. The molecule has 19 heavy (non-hydrogen) atoms. The van der Waals surface area contributed by atoms with Gasteiger partial charge in [0.2, 0.25) is 0 Å². The Balaban J connectivity index is 2.97. The van der Waals surface area contributed by atoms with E-state index in [1.54, 1.807) is 19.1 Å². The van der Waals surface area contributed by atoms with Crippen LogP contribution in [0.5, 0.6) is 0 Å². The average Bonchev–Trinajstić information content (AvgIpc) is 2.35. The molecule has 0 bridgehead atoms. The van der Waals surface area contributed by atoms with Crippen LogP contribution in [0.4, 0.5) is 5.69 Å². The largest absolute Gasteiger partial charge is 0.351 e. The molecule has 0 aliphatic carbocycles. The van der Waals surface area contributed by atoms with E-state index in [0.717, 1.165) is 0 Å². The minimum Gasteiger partial charge on any atom is -0.351 e. The summed E-state index contributed by atoms with van der Waals surface area (Å²) in [6, 6.07) is 4.57. The van der Waals surface area contributed by atoms with E-state index in [-0.39, 0.29) is 16.7 Å². The minimum atomic E-state index is -0.547. The zero-order chi connectivity index (χ0) is 14.6. The fourth-order valence-electron chi connectivity index (χ4n) is 1.56. The summed E-state index contributed by atoms with van der Waals surface area (Å²) < 4.78 is 0. The van der Waals surface area contributed by atoms with Crippen molar-refractivity contribution in [3.8, 4) is 0 Å². The first-order valence-electron chi connectivity index (χ1n) is 5.86. The third-order valence-corrected chi connectivity index (χ3v) is 3.49. The van der Waals surface area contributed by atoms with Gasteiger partial charge in [0, 0.05) is 18.5 Å². The Morgan fingerprint density at radius 1 is 1.47 bits per heavy atom. The first kappa shape index (κ1) is 15.4. The van der Waals surface area contributed by atoms with Crippen LogP contribution in [0.1, 0.15) is 29.8 Å². The van der Waals surface area contributed by atoms with Gasteiger partial charge in [-0.25, -0.2) is 0 Å². The van der Waals surface area contributed by atoms with Gasteiger partial charge in [-0.1, -0.05) is 26.0 Å². The van der Waals surface area contributed by atoms with Crippen molar-refractivity contribution in [1.82, 2.24) is 5.32 Å². The first-order valence-corrected chi connectivity index (χ1v) is 6.40. The Morgan fingerprint density at radius 3 is 2.63 bits per heavy atom. The maximum atomic E-state index is 12.1. The van der Waals surface area contributed by atoms with E-state index >= 15 is 0 Å². The Morgan fingerprint density at radius 2 is 2.11 bits per heavy atom. The molecule has 1 rings (SSSR count). The van der Waals surface area contributed by atoms with Crippen LogP contribution in [0, 0.1) is 22.5 Å². The number of carbonyl (C=O) groups excluding carboxylic acids is 1. The lowest BCUT2D eigenvalue weighted by molar-refractivity contribution is -0.385. The van der Waals surface area contributed by atoms with E-state index in [9.17, 15) is 14.9 Å². The molecular weight excluding hydrogens is 268 g/mol. The number of nitro groups is 1. The second-order valence-corrected chi connectivity index (χ2v) is 5.47. The molecule has 0 aromatic heterocycles. The average molecular weight is 285 g/mol. The fraction of sp³-hybridized carbons (Fsp3) is 0.462. The number of carbonyl (C=O) groups is 1. The highest BCUT2D eigenvalue weighted by Gasteiger charge is 2.24. The van der Waals surface area contributed by atoms with Crippen molar-refractivity contribution in [2.75, 3.05) is 12.4 Å². The van der Waals surface area contributed by atoms with Crippen LogP contribution >= 0.6 is 11.6 Å². The number of alkyl halides is 1. The molecule has 0 spiro atoms. The summed E-state index contributed by atoms with van der Waals surface area (Å²) in [5.74, 6) is -0.0497. The fourth-order valence-corrected chi connectivity index (χ4v) is 1.65. The van der Waals surface area contributed by atoms with Crippen molar-refractivity contribution in [3.05, 3.63) is 39.4 Å². The number of amides is 1. The van der Waals surface area contributed by atoms with Gasteiger partial charge in [-0.2, -0.15) is 0 Å². The molecule has 0 unspecified atom stereocenters. The standard InChI is InChI=1S/C13H17ClN2O3/c1-9-5-4-6-10(16(18)19)11(9)12(17)15-8-13(2,3)7-14/h4-6H,7-8H2,1-3H3,(H,15,17). The first-order chi connectivity index (χ1) is 8.78. The number of benzene rings is 1. The van der Waals surface area contributed by atoms with Gasteiger partial charge in [-0.15, -0.1) is 11.6 Å². The molecule has 1 amide bonds. The Hall–Kier alpha value is -1.62. The maximum absolute atomic E-state index is 12.1. The molecule has 0 fully saturated rings. The number of hydrogen-bond acceptors (Lipinski definition) is 3. The van der Waals surface area contributed by atoms with Crippen LogP contribution in [0.2, 0.25) is 0 Å². The Kier molecular flexibility index (Phi) is 4.89. The van der Waals surface area contributed by atoms with E-state index in [1.807, 2.05) is 13.8 Å². The molecule has 0 saturated carbocycles. The van der Waals surface area contributed by atoms with Gasteiger partial charge in [0.05, 0.1) is 4.92 Å². The summed E-state index contributed by atoms with van der Waals surface area (Å²) in [6.07, 6.45) is 0. The quantitative estimate of drug-likeness (QED) is 0.513. The van der Waals surface area contributed by atoms with Crippen molar-refractivity contribution >= 4 is 23.2 Å². The molecule has 0 aliphatic rings. The number of aryl methyl sites for hydroxylation is 1. The van der Waals surface area contributed by atoms with Crippen LogP contribution in [-0.2, 0) is 0 Å². The van der Waals surface area contributed by atoms with Crippen molar-refractivity contribution in [2.45, 2.75) is 20.8 Å². The highest BCUT2D eigenvalue weighted by molar-refractivity contribution is 6.18. The zero-order valence-corrected chi connectivity index (χ0v) is 12.0. The molecule has 1 N–H and O–H groups in total. The molecule has 1 aromatic carbocycles. The van der Waals surface area contributed by atoms with Crippen LogP contribution < -0.4 is 5.32 Å². The van der Waals surface area contributed by atoms with Gasteiger partial charge in [0.15, 0.2) is 0 Å². The highest BCUT2D eigenvalue weighted by atomic mass is 35.5. The van der Waals surface area contributed by atoms with Crippen LogP contribution in [0.25, 0.3) is 0 Å². The number of nitrogens with one attached hydrogen (secondary N) is 1. The Labute approximate surface area is 117 Å². The minimum absolute atomic E-state index is 0.109. The van der Waals surface area contributed by atoms with Crippen LogP contribution in [-0.4, -0.2) is 23.3 Å². The van der Waals surface area contributed by atoms with Gasteiger partial charge < -0.3 is 5.32 Å². The molecule has 104 valence electrons. The molecular formula is C13H17ClN2O3. The predicted octanol–water partition coefficient (Wildman–Crippen LogP) is 2.90. The van der Waals surface area contributed by atoms with Gasteiger partial charge in [0.1, 0.15) is 5.56 Å². The molecule has 0 saturated heterocycles. The molecule has 0 radical (unpaired) electrons. The zero-order valence-electron chi connectivity index (χ0n) is 11.2. The third-order valence-electron chi connectivity index (χ3n) is 2.76. The van der Waals surface area contributed by atoms with E-state index in [2.05, 4.69) is 5.32 Å². The normalized spacial score (nSPS) is 11.2. The molecule has 6 heteroatoms. The SMILES string of the molecule is Cc1cccc([N+](=O)[O-])c1C(=O)NCC(C)(C)CCl. The summed E-state index contributed by atoms with van der Waals surface area (Å²) in [5, 5.41) is 13.6. The second kappa shape index (κ2) is 6.02. The smallest absolute Gasteiger partial charge is 0.282 e. The number of hydrogen-bond donors (Lipinski definition) is 1. The van der Waals surface area contributed by atoms with Gasteiger partial charge >= 0.3 is 0 Å². The monoisotopic (exact) mass is 284 g/mol. The third kappa shape index (κ3) is 3.92. The Bertz CT molecular complexity index is 501. The molecule has 0 aliphatic heterocycles. The van der Waals surface area contributed by atoms with Crippen molar-refractivity contribution < 1.29 is 9.72 Å². The van der Waals surface area contributed by atoms with Gasteiger partial charge in [-0.05, 0) is 17.9 Å². The van der Waals surface area contributed by atoms with E-state index < -0.39 is 10.8 Å². The number of rotatable bonds is 5. The molecule has 0 heterocycles. The summed E-state index contributed by atoms with van der Waals surface area (Å²) in [6.45, 7) is 5.86.